The van der Waals surface area contributed by atoms with Gasteiger partial charge in [-0.1, -0.05) is 13.3 Å². The summed E-state index contributed by atoms with van der Waals surface area (Å²) in [6.07, 6.45) is 2.01. The molecule has 0 bridgehead atoms. The van der Waals surface area contributed by atoms with E-state index in [4.69, 9.17) is 11.0 Å². The zero-order valence-corrected chi connectivity index (χ0v) is 11.5. The molecule has 0 aromatic heterocycles. The van der Waals surface area contributed by atoms with E-state index in [1.54, 1.807) is 4.90 Å². The second kappa shape index (κ2) is 6.02. The van der Waals surface area contributed by atoms with Crippen LogP contribution in [0.2, 0.25) is 0 Å². The van der Waals surface area contributed by atoms with Crippen LogP contribution in [0.5, 0.6) is 0 Å². The quantitative estimate of drug-likeness (QED) is 0.915. The molecule has 1 aliphatic heterocycles. The van der Waals surface area contributed by atoms with E-state index in [9.17, 15) is 9.18 Å². The van der Waals surface area contributed by atoms with Gasteiger partial charge in [-0.25, -0.2) is 4.39 Å². The molecule has 2 rings (SSSR count). The standard InChI is InChI=1S/C15H18FN3O/c1-2-3-11-8-19(9-14(11)18)15(20)12-4-10(7-17)5-13(16)6-12/h4-6,11,14H,2-3,8-9,18H2,1H3/t11-,14-/m0/s1. The Morgan fingerprint density at radius 1 is 1.50 bits per heavy atom. The predicted octanol–water partition coefficient (Wildman–Crippen LogP) is 1.90. The van der Waals surface area contributed by atoms with Gasteiger partial charge < -0.3 is 10.6 Å². The molecule has 0 spiro atoms. The van der Waals surface area contributed by atoms with Gasteiger partial charge in [0.1, 0.15) is 5.82 Å². The van der Waals surface area contributed by atoms with Gasteiger partial charge in [-0.15, -0.1) is 0 Å². The number of rotatable bonds is 3. The molecule has 4 nitrogen and oxygen atoms in total. The normalized spacial score (nSPS) is 21.8. The number of likely N-dealkylation sites (tertiary alicyclic amines) is 1. The molecular weight excluding hydrogens is 257 g/mol. The van der Waals surface area contributed by atoms with Gasteiger partial charge in [0.05, 0.1) is 11.6 Å². The highest BCUT2D eigenvalue weighted by atomic mass is 19.1. The Kier molecular flexibility index (Phi) is 4.35. The van der Waals surface area contributed by atoms with E-state index < -0.39 is 5.82 Å². The maximum Gasteiger partial charge on any atom is 0.254 e. The van der Waals surface area contributed by atoms with E-state index in [2.05, 4.69) is 6.92 Å². The molecule has 2 atom stereocenters. The van der Waals surface area contributed by atoms with E-state index in [-0.39, 0.29) is 23.1 Å². The number of hydrogen-bond acceptors (Lipinski definition) is 3. The Hall–Kier alpha value is -1.93. The number of nitrogens with zero attached hydrogens (tertiary/aromatic N) is 2. The predicted molar refractivity (Wildman–Crippen MR) is 73.4 cm³/mol. The number of halogens is 1. The van der Waals surface area contributed by atoms with Gasteiger partial charge >= 0.3 is 0 Å². The second-order valence-corrected chi connectivity index (χ2v) is 5.26. The summed E-state index contributed by atoms with van der Waals surface area (Å²) in [5.74, 6) is -0.524. The number of benzene rings is 1. The third-order valence-corrected chi connectivity index (χ3v) is 3.71. The summed E-state index contributed by atoms with van der Waals surface area (Å²) in [4.78, 5) is 14.0. The number of carbonyl (C=O) groups excluding carboxylic acids is 1. The molecule has 2 N–H and O–H groups in total. The highest BCUT2D eigenvalue weighted by Gasteiger charge is 2.32. The fourth-order valence-electron chi connectivity index (χ4n) is 2.70. The van der Waals surface area contributed by atoms with Gasteiger partial charge in [-0.05, 0) is 30.5 Å². The van der Waals surface area contributed by atoms with Gasteiger partial charge in [0.15, 0.2) is 0 Å². The zero-order chi connectivity index (χ0) is 14.7. The van der Waals surface area contributed by atoms with Crippen molar-refractivity contribution >= 4 is 5.91 Å². The first-order chi connectivity index (χ1) is 9.55. The molecule has 1 heterocycles. The maximum absolute atomic E-state index is 13.4. The minimum Gasteiger partial charge on any atom is -0.337 e. The van der Waals surface area contributed by atoms with Crippen molar-refractivity contribution in [3.8, 4) is 6.07 Å². The largest absolute Gasteiger partial charge is 0.337 e. The lowest BCUT2D eigenvalue weighted by Gasteiger charge is -2.16. The van der Waals surface area contributed by atoms with Crippen molar-refractivity contribution in [1.29, 1.82) is 5.26 Å². The molecule has 20 heavy (non-hydrogen) atoms. The molecule has 106 valence electrons. The number of carbonyl (C=O) groups is 1. The van der Waals surface area contributed by atoms with Crippen LogP contribution in [0.4, 0.5) is 4.39 Å². The van der Waals surface area contributed by atoms with Crippen LogP contribution in [0.15, 0.2) is 18.2 Å². The summed E-state index contributed by atoms with van der Waals surface area (Å²) >= 11 is 0. The van der Waals surface area contributed by atoms with E-state index in [1.165, 1.54) is 12.1 Å². The third kappa shape index (κ3) is 2.97. The van der Waals surface area contributed by atoms with Crippen molar-refractivity contribution < 1.29 is 9.18 Å². The topological polar surface area (TPSA) is 70.1 Å². The van der Waals surface area contributed by atoms with Crippen LogP contribution in [0.25, 0.3) is 0 Å². The monoisotopic (exact) mass is 275 g/mol. The van der Waals surface area contributed by atoms with Crippen molar-refractivity contribution in [1.82, 2.24) is 4.90 Å². The van der Waals surface area contributed by atoms with Crippen molar-refractivity contribution in [3.05, 3.63) is 35.1 Å². The molecule has 0 radical (unpaired) electrons. The minimum atomic E-state index is -0.569. The van der Waals surface area contributed by atoms with Crippen LogP contribution >= 0.6 is 0 Å². The second-order valence-electron chi connectivity index (χ2n) is 5.26. The van der Waals surface area contributed by atoms with Crippen LogP contribution in [0, 0.1) is 23.1 Å². The molecule has 0 aliphatic carbocycles. The van der Waals surface area contributed by atoms with Gasteiger partial charge in [0, 0.05) is 24.7 Å². The summed E-state index contributed by atoms with van der Waals surface area (Å²) in [5.41, 5.74) is 6.41. The molecule has 1 aliphatic rings. The fourth-order valence-corrected chi connectivity index (χ4v) is 2.70. The zero-order valence-electron chi connectivity index (χ0n) is 11.5. The lowest BCUT2D eigenvalue weighted by atomic mass is 9.99. The van der Waals surface area contributed by atoms with E-state index >= 15 is 0 Å². The molecule has 1 amide bonds. The third-order valence-electron chi connectivity index (χ3n) is 3.71. The molecule has 1 aromatic carbocycles. The lowest BCUT2D eigenvalue weighted by molar-refractivity contribution is 0.0785. The minimum absolute atomic E-state index is 0.0251. The number of nitriles is 1. The van der Waals surface area contributed by atoms with Crippen LogP contribution in [0.3, 0.4) is 0 Å². The van der Waals surface area contributed by atoms with Gasteiger partial charge in [0.25, 0.3) is 5.91 Å². The van der Waals surface area contributed by atoms with Crippen LogP contribution in [-0.2, 0) is 0 Å². The van der Waals surface area contributed by atoms with Gasteiger partial charge in [-0.2, -0.15) is 5.26 Å². The molecular formula is C15H18FN3O. The Morgan fingerprint density at radius 3 is 2.90 bits per heavy atom. The summed E-state index contributed by atoms with van der Waals surface area (Å²) in [6.45, 7) is 3.18. The fraction of sp³-hybridized carbons (Fsp3) is 0.467. The summed E-state index contributed by atoms with van der Waals surface area (Å²) < 4.78 is 13.4. The van der Waals surface area contributed by atoms with Gasteiger partial charge in [0.2, 0.25) is 0 Å². The Morgan fingerprint density at radius 2 is 2.25 bits per heavy atom. The number of hydrogen-bond donors (Lipinski definition) is 1. The average Bonchev–Trinajstić information content (AvgIpc) is 2.79. The Bertz CT molecular complexity index is 553. The van der Waals surface area contributed by atoms with Crippen molar-refractivity contribution in [3.63, 3.8) is 0 Å². The van der Waals surface area contributed by atoms with Crippen molar-refractivity contribution in [2.45, 2.75) is 25.8 Å². The van der Waals surface area contributed by atoms with Gasteiger partial charge in [-0.3, -0.25) is 4.79 Å². The summed E-state index contributed by atoms with van der Waals surface area (Å²) in [6, 6.07) is 5.54. The molecule has 5 heteroatoms. The first-order valence-electron chi connectivity index (χ1n) is 6.80. The maximum atomic E-state index is 13.4. The average molecular weight is 275 g/mol. The van der Waals surface area contributed by atoms with E-state index in [0.717, 1.165) is 18.9 Å². The molecule has 1 fully saturated rings. The Balaban J connectivity index is 2.17. The highest BCUT2D eigenvalue weighted by molar-refractivity contribution is 5.94. The Labute approximate surface area is 118 Å². The first kappa shape index (κ1) is 14.5. The molecule has 0 saturated carbocycles. The number of amides is 1. The molecule has 1 aromatic rings. The summed E-state index contributed by atoms with van der Waals surface area (Å²) in [7, 11) is 0. The van der Waals surface area contributed by atoms with Crippen molar-refractivity contribution in [2.75, 3.05) is 13.1 Å². The smallest absolute Gasteiger partial charge is 0.254 e. The molecule has 1 saturated heterocycles. The van der Waals surface area contributed by atoms with Crippen LogP contribution < -0.4 is 5.73 Å². The SMILES string of the molecule is CCC[C@H]1CN(C(=O)c2cc(F)cc(C#N)c2)C[C@@H]1N. The molecule has 0 unspecified atom stereocenters. The lowest BCUT2D eigenvalue weighted by Crippen LogP contribution is -2.32. The van der Waals surface area contributed by atoms with Crippen molar-refractivity contribution in [2.24, 2.45) is 11.7 Å². The van der Waals surface area contributed by atoms with E-state index in [1.807, 2.05) is 6.07 Å². The number of nitrogens with two attached hydrogens (primary N) is 1. The van der Waals surface area contributed by atoms with Crippen LogP contribution in [-0.4, -0.2) is 29.9 Å². The summed E-state index contributed by atoms with van der Waals surface area (Å²) in [5, 5.41) is 8.83. The van der Waals surface area contributed by atoms with E-state index in [0.29, 0.717) is 19.0 Å². The first-order valence-corrected chi connectivity index (χ1v) is 6.80. The highest BCUT2D eigenvalue weighted by Crippen LogP contribution is 2.22. The van der Waals surface area contributed by atoms with Crippen LogP contribution in [0.1, 0.15) is 35.7 Å².